The van der Waals surface area contributed by atoms with Gasteiger partial charge < -0.3 is 15.2 Å². The van der Waals surface area contributed by atoms with Crippen LogP contribution in [0.25, 0.3) is 6.08 Å². The first-order valence-corrected chi connectivity index (χ1v) is 6.75. The van der Waals surface area contributed by atoms with E-state index in [0.29, 0.717) is 5.56 Å². The molecular weight excluding hydrogens is 285 g/mol. The van der Waals surface area contributed by atoms with Crippen LogP contribution < -0.4 is 5.32 Å². The van der Waals surface area contributed by atoms with Crippen molar-refractivity contribution in [3.05, 3.63) is 71.6 Å². The van der Waals surface area contributed by atoms with Crippen molar-refractivity contribution in [3.8, 4) is 5.75 Å². The van der Waals surface area contributed by atoms with Crippen LogP contribution in [0.3, 0.4) is 0 Å². The fourth-order valence-electron chi connectivity index (χ4n) is 1.76. The molecule has 2 N–H and O–H groups in total. The van der Waals surface area contributed by atoms with Crippen LogP contribution in [0.15, 0.2) is 54.6 Å². The number of amides is 1. The Morgan fingerprint density at radius 3 is 2.73 bits per heavy atom. The topological polar surface area (TPSA) is 58.6 Å². The van der Waals surface area contributed by atoms with Crippen LogP contribution in [0.1, 0.15) is 11.1 Å². The smallest absolute Gasteiger partial charge is 0.407 e. The van der Waals surface area contributed by atoms with Crippen LogP contribution in [-0.2, 0) is 11.3 Å². The van der Waals surface area contributed by atoms with Crippen LogP contribution in [0.2, 0.25) is 0 Å². The van der Waals surface area contributed by atoms with Gasteiger partial charge in [0.2, 0.25) is 0 Å². The lowest BCUT2D eigenvalue weighted by atomic mass is 10.2. The van der Waals surface area contributed by atoms with Gasteiger partial charge in [0, 0.05) is 18.2 Å². The van der Waals surface area contributed by atoms with Crippen LogP contribution >= 0.6 is 0 Å². The Labute approximate surface area is 127 Å². The second-order valence-electron chi connectivity index (χ2n) is 4.55. The van der Waals surface area contributed by atoms with Gasteiger partial charge >= 0.3 is 6.09 Å². The number of alkyl carbamates (subject to hydrolysis) is 1. The van der Waals surface area contributed by atoms with Crippen molar-refractivity contribution >= 4 is 12.2 Å². The highest BCUT2D eigenvalue weighted by Crippen LogP contribution is 2.19. The predicted octanol–water partition coefficient (Wildman–Crippen LogP) is 3.47. The van der Waals surface area contributed by atoms with Crippen molar-refractivity contribution in [1.82, 2.24) is 5.32 Å². The Morgan fingerprint density at radius 2 is 2.00 bits per heavy atom. The highest BCUT2D eigenvalue weighted by atomic mass is 19.1. The van der Waals surface area contributed by atoms with Crippen molar-refractivity contribution in [2.24, 2.45) is 0 Å². The molecule has 0 saturated carbocycles. The quantitative estimate of drug-likeness (QED) is 0.889. The normalized spacial score (nSPS) is 10.6. The number of hydrogen-bond donors (Lipinski definition) is 2. The second kappa shape index (κ2) is 7.83. The Bertz CT molecular complexity index is 656. The van der Waals surface area contributed by atoms with E-state index in [-0.39, 0.29) is 18.9 Å². The lowest BCUT2D eigenvalue weighted by molar-refractivity contribution is 0.141. The average Bonchev–Trinajstić information content (AvgIpc) is 2.52. The van der Waals surface area contributed by atoms with E-state index in [9.17, 15) is 14.3 Å². The molecule has 114 valence electrons. The van der Waals surface area contributed by atoms with Gasteiger partial charge in [-0.25, -0.2) is 9.18 Å². The summed E-state index contributed by atoms with van der Waals surface area (Å²) >= 11 is 0. The number of carbonyl (C=O) groups excluding carboxylic acids is 1. The number of carbonyl (C=O) groups is 1. The van der Waals surface area contributed by atoms with Gasteiger partial charge in [0.05, 0.1) is 0 Å². The Hall–Kier alpha value is -2.82. The number of phenolic OH excluding ortho intramolecular Hbond substituents is 1. The van der Waals surface area contributed by atoms with Crippen LogP contribution in [0, 0.1) is 5.82 Å². The third-order valence-electron chi connectivity index (χ3n) is 2.87. The predicted molar refractivity (Wildman–Crippen MR) is 81.7 cm³/mol. The lowest BCUT2D eigenvalue weighted by Crippen LogP contribution is -2.24. The summed E-state index contributed by atoms with van der Waals surface area (Å²) < 4.78 is 17.8. The first-order chi connectivity index (χ1) is 10.6. The van der Waals surface area contributed by atoms with Gasteiger partial charge in [-0.1, -0.05) is 42.5 Å². The summed E-state index contributed by atoms with van der Waals surface area (Å²) in [5.74, 6) is -0.653. The molecule has 0 aromatic heterocycles. The summed E-state index contributed by atoms with van der Waals surface area (Å²) in [6.45, 7) is 0.444. The molecule has 0 heterocycles. The Morgan fingerprint density at radius 1 is 1.23 bits per heavy atom. The van der Waals surface area contributed by atoms with Gasteiger partial charge in [0.15, 0.2) is 0 Å². The molecule has 0 radical (unpaired) electrons. The number of halogens is 1. The second-order valence-corrected chi connectivity index (χ2v) is 4.55. The zero-order chi connectivity index (χ0) is 15.8. The SMILES string of the molecule is O=C(NCC=Cc1ccc(F)cc1O)OCc1ccccc1. The first-order valence-electron chi connectivity index (χ1n) is 6.75. The molecule has 0 spiro atoms. The largest absolute Gasteiger partial charge is 0.507 e. The van der Waals surface area contributed by atoms with E-state index in [2.05, 4.69) is 5.32 Å². The molecule has 2 aromatic carbocycles. The fourth-order valence-corrected chi connectivity index (χ4v) is 1.76. The van der Waals surface area contributed by atoms with E-state index >= 15 is 0 Å². The molecule has 0 bridgehead atoms. The highest BCUT2D eigenvalue weighted by Gasteiger charge is 2.01. The third kappa shape index (κ3) is 4.94. The summed E-state index contributed by atoms with van der Waals surface area (Å²) in [6, 6.07) is 13.1. The number of rotatable bonds is 5. The molecule has 2 aromatic rings. The van der Waals surface area contributed by atoms with Gasteiger partial charge in [0.1, 0.15) is 18.2 Å². The van der Waals surface area contributed by atoms with Crippen LogP contribution in [0.5, 0.6) is 5.75 Å². The van der Waals surface area contributed by atoms with Crippen LogP contribution in [-0.4, -0.2) is 17.7 Å². The molecule has 0 fully saturated rings. The highest BCUT2D eigenvalue weighted by molar-refractivity contribution is 5.67. The summed E-state index contributed by atoms with van der Waals surface area (Å²) in [5.41, 5.74) is 1.38. The maximum atomic E-state index is 12.8. The molecule has 0 aliphatic carbocycles. The van der Waals surface area contributed by atoms with Crippen molar-refractivity contribution in [3.63, 3.8) is 0 Å². The minimum atomic E-state index is -0.531. The maximum absolute atomic E-state index is 12.8. The van der Waals surface area contributed by atoms with Crippen molar-refractivity contribution in [2.45, 2.75) is 6.61 Å². The molecule has 0 aliphatic heterocycles. The molecule has 2 rings (SSSR count). The van der Waals surface area contributed by atoms with Gasteiger partial charge in [-0.05, 0) is 17.7 Å². The summed E-state index contributed by atoms with van der Waals surface area (Å²) in [5, 5.41) is 12.1. The molecular formula is C17H16FNO3. The van der Waals surface area contributed by atoms with E-state index < -0.39 is 11.9 Å². The number of phenols is 1. The number of hydrogen-bond acceptors (Lipinski definition) is 3. The van der Waals surface area contributed by atoms with E-state index in [1.54, 1.807) is 12.2 Å². The van der Waals surface area contributed by atoms with Crippen LogP contribution in [0.4, 0.5) is 9.18 Å². The van der Waals surface area contributed by atoms with E-state index in [1.165, 1.54) is 12.1 Å². The molecule has 4 nitrogen and oxygen atoms in total. The zero-order valence-corrected chi connectivity index (χ0v) is 11.8. The molecule has 5 heteroatoms. The number of nitrogens with one attached hydrogen (secondary N) is 1. The standard InChI is InChI=1S/C17H16FNO3/c18-15-9-8-14(16(20)11-15)7-4-10-19-17(21)22-12-13-5-2-1-3-6-13/h1-9,11,20H,10,12H2,(H,19,21). The summed E-state index contributed by atoms with van der Waals surface area (Å²) in [7, 11) is 0. The third-order valence-corrected chi connectivity index (χ3v) is 2.87. The zero-order valence-electron chi connectivity index (χ0n) is 11.8. The van der Waals surface area contributed by atoms with Crippen molar-refractivity contribution < 1.29 is 19.0 Å². The summed E-state index contributed by atoms with van der Waals surface area (Å²) in [6.07, 6.45) is 2.69. The Balaban J connectivity index is 1.73. The van der Waals surface area contributed by atoms with Gasteiger partial charge in [-0.2, -0.15) is 0 Å². The van der Waals surface area contributed by atoms with Crippen molar-refractivity contribution in [2.75, 3.05) is 6.54 Å². The van der Waals surface area contributed by atoms with Gasteiger partial charge in [0.25, 0.3) is 0 Å². The van der Waals surface area contributed by atoms with Gasteiger partial charge in [-0.15, -0.1) is 0 Å². The average molecular weight is 301 g/mol. The monoisotopic (exact) mass is 301 g/mol. The number of ether oxygens (including phenoxy) is 1. The minimum Gasteiger partial charge on any atom is -0.507 e. The minimum absolute atomic E-state index is 0.150. The molecule has 0 saturated heterocycles. The fraction of sp³-hybridized carbons (Fsp3) is 0.118. The summed E-state index contributed by atoms with van der Waals surface area (Å²) in [4.78, 5) is 11.5. The number of benzene rings is 2. The van der Waals surface area contributed by atoms with Gasteiger partial charge in [-0.3, -0.25) is 0 Å². The maximum Gasteiger partial charge on any atom is 0.407 e. The lowest BCUT2D eigenvalue weighted by Gasteiger charge is -2.05. The molecule has 1 amide bonds. The van der Waals surface area contributed by atoms with E-state index in [4.69, 9.17) is 4.74 Å². The van der Waals surface area contributed by atoms with Crippen molar-refractivity contribution in [1.29, 1.82) is 0 Å². The molecule has 0 unspecified atom stereocenters. The molecule has 22 heavy (non-hydrogen) atoms. The number of aromatic hydroxyl groups is 1. The molecule has 0 aliphatic rings. The van der Waals surface area contributed by atoms with E-state index in [1.807, 2.05) is 30.3 Å². The first kappa shape index (κ1) is 15.6. The Kier molecular flexibility index (Phi) is 5.54. The molecule has 0 atom stereocenters. The van der Waals surface area contributed by atoms with E-state index in [0.717, 1.165) is 11.6 Å².